The van der Waals surface area contributed by atoms with Gasteiger partial charge in [0.25, 0.3) is 0 Å². The molecule has 82 valence electrons. The monoisotopic (exact) mass is 211 g/mol. The molecular weight excluding hydrogens is 197 g/mol. The molecule has 2 rings (SSSR count). The third-order valence-electron chi connectivity index (χ3n) is 2.20. The van der Waals surface area contributed by atoms with Gasteiger partial charge in [0, 0.05) is 12.1 Å². The highest BCUT2D eigenvalue weighted by atomic mass is 19.1. The summed E-state index contributed by atoms with van der Waals surface area (Å²) in [5, 5.41) is 8.68. The molecule has 0 bridgehead atoms. The summed E-state index contributed by atoms with van der Waals surface area (Å²) in [6.45, 7) is 4.46. The summed E-state index contributed by atoms with van der Waals surface area (Å²) in [4.78, 5) is 11.8. The Morgan fingerprint density at radius 3 is 2.60 bits per heavy atom. The summed E-state index contributed by atoms with van der Waals surface area (Å²) in [6, 6.07) is 4.70. The van der Waals surface area contributed by atoms with Crippen LogP contribution in [0.5, 0.6) is 0 Å². The third-order valence-corrected chi connectivity index (χ3v) is 2.20. The van der Waals surface area contributed by atoms with Crippen LogP contribution in [0.4, 0.5) is 9.18 Å². The first-order valence-electron chi connectivity index (χ1n) is 4.92. The highest BCUT2D eigenvalue weighted by Crippen LogP contribution is 2.24. The van der Waals surface area contributed by atoms with E-state index in [-0.39, 0.29) is 12.4 Å². The zero-order valence-electron chi connectivity index (χ0n) is 8.83. The summed E-state index contributed by atoms with van der Waals surface area (Å²) < 4.78 is 13.1. The molecule has 1 heterocycles. The Bertz CT molecular complexity index is 366. The minimum absolute atomic E-state index is 0.164. The van der Waals surface area contributed by atoms with Crippen molar-refractivity contribution in [1.82, 2.24) is 4.90 Å². The van der Waals surface area contributed by atoms with E-state index in [4.69, 9.17) is 5.11 Å². The predicted octanol–water partition coefficient (Wildman–Crippen LogP) is 2.85. The Morgan fingerprint density at radius 1 is 1.40 bits per heavy atom. The largest absolute Gasteiger partial charge is 0.465 e. The Balaban J connectivity index is 0.000000531. The SMILES string of the molecule is CC.O=C(O)N1Cc2cccc(F)c2C1. The number of rotatable bonds is 0. The van der Waals surface area contributed by atoms with Crippen LogP contribution in [0.2, 0.25) is 0 Å². The highest BCUT2D eigenvalue weighted by Gasteiger charge is 2.24. The van der Waals surface area contributed by atoms with Crippen molar-refractivity contribution in [2.24, 2.45) is 0 Å². The normalized spacial score (nSPS) is 12.9. The number of halogens is 1. The third kappa shape index (κ3) is 2.26. The molecule has 0 aliphatic carbocycles. The van der Waals surface area contributed by atoms with Gasteiger partial charge in [0.15, 0.2) is 0 Å². The molecule has 1 aliphatic heterocycles. The lowest BCUT2D eigenvalue weighted by molar-refractivity contribution is 0.145. The molecule has 0 unspecified atom stereocenters. The van der Waals surface area contributed by atoms with Crippen LogP contribution in [-0.2, 0) is 13.1 Å². The van der Waals surface area contributed by atoms with Crippen LogP contribution in [0.15, 0.2) is 18.2 Å². The van der Waals surface area contributed by atoms with Gasteiger partial charge in [0.1, 0.15) is 5.82 Å². The van der Waals surface area contributed by atoms with Gasteiger partial charge >= 0.3 is 6.09 Å². The molecule has 1 aliphatic rings. The van der Waals surface area contributed by atoms with E-state index < -0.39 is 6.09 Å². The van der Waals surface area contributed by atoms with E-state index in [0.717, 1.165) is 5.56 Å². The molecule has 0 fully saturated rings. The number of nitrogens with zero attached hydrogens (tertiary/aromatic N) is 1. The number of hydrogen-bond acceptors (Lipinski definition) is 1. The number of carboxylic acid groups (broad SMARTS) is 1. The summed E-state index contributed by atoms with van der Waals surface area (Å²) in [5.41, 5.74) is 1.27. The molecule has 1 N–H and O–H groups in total. The average Bonchev–Trinajstić information content (AvgIpc) is 2.66. The minimum atomic E-state index is -1.00. The van der Waals surface area contributed by atoms with Crippen molar-refractivity contribution >= 4 is 6.09 Å². The minimum Gasteiger partial charge on any atom is -0.465 e. The molecule has 0 saturated heterocycles. The van der Waals surface area contributed by atoms with E-state index in [2.05, 4.69) is 0 Å². The zero-order valence-corrected chi connectivity index (χ0v) is 8.83. The summed E-state index contributed by atoms with van der Waals surface area (Å²) in [7, 11) is 0. The molecule has 0 radical (unpaired) electrons. The van der Waals surface area contributed by atoms with E-state index in [9.17, 15) is 9.18 Å². The van der Waals surface area contributed by atoms with Gasteiger partial charge in [0.05, 0.1) is 6.54 Å². The Kier molecular flexibility index (Phi) is 3.66. The van der Waals surface area contributed by atoms with Gasteiger partial charge in [0.2, 0.25) is 0 Å². The van der Waals surface area contributed by atoms with Crippen molar-refractivity contribution in [3.05, 3.63) is 35.1 Å². The smallest absolute Gasteiger partial charge is 0.407 e. The van der Waals surface area contributed by atoms with Crippen LogP contribution >= 0.6 is 0 Å². The lowest BCUT2D eigenvalue weighted by atomic mass is 10.1. The topological polar surface area (TPSA) is 40.5 Å². The van der Waals surface area contributed by atoms with Crippen molar-refractivity contribution in [1.29, 1.82) is 0 Å². The molecule has 1 aromatic rings. The Morgan fingerprint density at radius 2 is 2.07 bits per heavy atom. The first-order chi connectivity index (χ1) is 7.18. The fraction of sp³-hybridized carbons (Fsp3) is 0.364. The first kappa shape index (κ1) is 11.5. The molecular formula is C11H14FNO2. The molecule has 3 nitrogen and oxygen atoms in total. The van der Waals surface area contributed by atoms with Crippen molar-refractivity contribution in [2.75, 3.05) is 0 Å². The van der Waals surface area contributed by atoms with E-state index in [1.807, 2.05) is 13.8 Å². The van der Waals surface area contributed by atoms with E-state index in [1.165, 1.54) is 11.0 Å². The summed E-state index contributed by atoms with van der Waals surface area (Å²) in [6.07, 6.45) is -1.00. The van der Waals surface area contributed by atoms with Crippen molar-refractivity contribution in [3.8, 4) is 0 Å². The number of benzene rings is 1. The van der Waals surface area contributed by atoms with Crippen molar-refractivity contribution in [3.63, 3.8) is 0 Å². The number of amides is 1. The van der Waals surface area contributed by atoms with Gasteiger partial charge in [-0.2, -0.15) is 0 Å². The number of fused-ring (bicyclic) bond motifs is 1. The second-order valence-corrected chi connectivity index (χ2v) is 3.02. The molecule has 4 heteroatoms. The van der Waals surface area contributed by atoms with E-state index in [1.54, 1.807) is 12.1 Å². The van der Waals surface area contributed by atoms with Crippen LogP contribution < -0.4 is 0 Å². The van der Waals surface area contributed by atoms with E-state index in [0.29, 0.717) is 12.1 Å². The maximum absolute atomic E-state index is 13.1. The molecule has 0 aromatic heterocycles. The van der Waals surface area contributed by atoms with Crippen LogP contribution in [0.25, 0.3) is 0 Å². The second-order valence-electron chi connectivity index (χ2n) is 3.02. The maximum atomic E-state index is 13.1. The molecule has 0 saturated carbocycles. The second kappa shape index (κ2) is 4.77. The standard InChI is InChI=1S/C9H8FNO2.C2H6/c10-8-3-1-2-6-4-11(9(12)13)5-7(6)8;1-2/h1-3H,4-5H2,(H,12,13);1-2H3. The molecule has 0 atom stereocenters. The van der Waals surface area contributed by atoms with Gasteiger partial charge in [-0.05, 0) is 11.6 Å². The average molecular weight is 211 g/mol. The van der Waals surface area contributed by atoms with Gasteiger partial charge in [-0.25, -0.2) is 9.18 Å². The summed E-state index contributed by atoms with van der Waals surface area (Å²) >= 11 is 0. The molecule has 15 heavy (non-hydrogen) atoms. The zero-order chi connectivity index (χ0) is 11.4. The van der Waals surface area contributed by atoms with Crippen LogP contribution in [0.3, 0.4) is 0 Å². The van der Waals surface area contributed by atoms with Crippen molar-refractivity contribution in [2.45, 2.75) is 26.9 Å². The number of hydrogen-bond donors (Lipinski definition) is 1. The van der Waals surface area contributed by atoms with Crippen LogP contribution in [0.1, 0.15) is 25.0 Å². The molecule has 0 spiro atoms. The fourth-order valence-corrected chi connectivity index (χ4v) is 1.52. The highest BCUT2D eigenvalue weighted by molar-refractivity contribution is 5.66. The van der Waals surface area contributed by atoms with Gasteiger partial charge < -0.3 is 5.11 Å². The van der Waals surface area contributed by atoms with Crippen molar-refractivity contribution < 1.29 is 14.3 Å². The lowest BCUT2D eigenvalue weighted by Gasteiger charge is -2.08. The van der Waals surface area contributed by atoms with Gasteiger partial charge in [-0.3, -0.25) is 4.90 Å². The fourth-order valence-electron chi connectivity index (χ4n) is 1.52. The lowest BCUT2D eigenvalue weighted by Crippen LogP contribution is -2.22. The summed E-state index contributed by atoms with van der Waals surface area (Å²) in [5.74, 6) is -0.318. The van der Waals surface area contributed by atoms with E-state index >= 15 is 0 Å². The van der Waals surface area contributed by atoms with Gasteiger partial charge in [-0.1, -0.05) is 26.0 Å². The Hall–Kier alpha value is -1.58. The van der Waals surface area contributed by atoms with Crippen LogP contribution in [-0.4, -0.2) is 16.1 Å². The first-order valence-corrected chi connectivity index (χ1v) is 4.92. The predicted molar refractivity (Wildman–Crippen MR) is 55.0 cm³/mol. The number of carbonyl (C=O) groups is 1. The Labute approximate surface area is 88.1 Å². The molecule has 1 aromatic carbocycles. The maximum Gasteiger partial charge on any atom is 0.407 e. The van der Waals surface area contributed by atoms with Gasteiger partial charge in [-0.15, -0.1) is 0 Å². The van der Waals surface area contributed by atoms with Crippen LogP contribution in [0, 0.1) is 5.82 Å². The quantitative estimate of drug-likeness (QED) is 0.716. The molecule has 1 amide bonds.